The maximum absolute atomic E-state index is 13.0. The lowest BCUT2D eigenvalue weighted by molar-refractivity contribution is -0.174. The van der Waals surface area contributed by atoms with Gasteiger partial charge in [-0.15, -0.1) is 0 Å². The van der Waals surface area contributed by atoms with E-state index >= 15 is 0 Å². The molecule has 0 spiro atoms. The molecule has 0 heterocycles. The Bertz CT molecular complexity index is 959. The van der Waals surface area contributed by atoms with Crippen LogP contribution in [0.4, 0.5) is 0 Å². The van der Waals surface area contributed by atoms with Gasteiger partial charge in [0.25, 0.3) is 0 Å². The summed E-state index contributed by atoms with van der Waals surface area (Å²) in [6, 6.07) is 0. The van der Waals surface area contributed by atoms with E-state index in [0.717, 1.165) is 5.57 Å². The Morgan fingerprint density at radius 1 is 0.914 bits per heavy atom. The lowest BCUT2D eigenvalue weighted by Crippen LogP contribution is -2.53. The normalized spacial score (nSPS) is 26.8. The summed E-state index contributed by atoms with van der Waals surface area (Å²) in [6.45, 7) is 14.3. The fourth-order valence-corrected chi connectivity index (χ4v) is 4.89. The number of ether oxygens (including phenoxy) is 4. The van der Waals surface area contributed by atoms with Crippen LogP contribution in [0, 0.1) is 21.7 Å². The summed E-state index contributed by atoms with van der Waals surface area (Å²) in [5, 5.41) is 0. The summed E-state index contributed by atoms with van der Waals surface area (Å²) in [5.74, 6) is -1.96. The minimum absolute atomic E-state index is 0.0470. The molecule has 2 aliphatic carbocycles. The van der Waals surface area contributed by atoms with E-state index in [2.05, 4.69) is 0 Å². The summed E-state index contributed by atoms with van der Waals surface area (Å²) in [5.41, 5.74) is -2.03. The molecule has 3 atom stereocenters. The maximum atomic E-state index is 13.0. The molecule has 0 saturated heterocycles. The van der Waals surface area contributed by atoms with E-state index in [9.17, 15) is 19.2 Å². The zero-order chi connectivity index (χ0) is 27.0. The van der Waals surface area contributed by atoms with Crippen LogP contribution in [-0.2, 0) is 38.1 Å². The number of carbonyl (C=O) groups is 4. The third kappa shape index (κ3) is 5.46. The second kappa shape index (κ2) is 9.78. The van der Waals surface area contributed by atoms with Crippen LogP contribution < -0.4 is 0 Å². The van der Waals surface area contributed by atoms with E-state index in [1.165, 1.54) is 14.2 Å². The third-order valence-electron chi connectivity index (χ3n) is 6.99. The Balaban J connectivity index is 2.62. The first kappa shape index (κ1) is 28.6. The Morgan fingerprint density at radius 2 is 1.46 bits per heavy atom. The number of hydrogen-bond donors (Lipinski definition) is 0. The standard InChI is InChI=1S/C27H40O8/c1-24(2,3)22(30)34-15-27(8)17-12-11-16(20(28)32-9)19(21(29)33-10)26(17,7)14-13-18(27)35-23(31)25(4,5)6/h12,18H,11,13-15H2,1-10H3/t18-,26-,27?/m1/s1. The van der Waals surface area contributed by atoms with Crippen LogP contribution in [0.25, 0.3) is 0 Å². The Hall–Kier alpha value is -2.64. The first-order chi connectivity index (χ1) is 15.9. The fourth-order valence-electron chi connectivity index (χ4n) is 4.89. The molecule has 0 bridgehead atoms. The van der Waals surface area contributed by atoms with Crippen molar-refractivity contribution in [3.05, 3.63) is 22.8 Å². The van der Waals surface area contributed by atoms with E-state index in [-0.39, 0.29) is 36.1 Å². The second-order valence-corrected chi connectivity index (χ2v) is 11.9. The number of allylic oxidation sites excluding steroid dienone is 1. The highest BCUT2D eigenvalue weighted by molar-refractivity contribution is 6.02. The van der Waals surface area contributed by atoms with E-state index in [0.29, 0.717) is 12.8 Å². The molecular formula is C27H40O8. The number of carbonyl (C=O) groups excluding carboxylic acids is 4. The van der Waals surface area contributed by atoms with Crippen molar-refractivity contribution in [3.63, 3.8) is 0 Å². The quantitative estimate of drug-likeness (QED) is 0.318. The minimum Gasteiger partial charge on any atom is -0.466 e. The number of fused-ring (bicyclic) bond motifs is 1. The summed E-state index contributed by atoms with van der Waals surface area (Å²) in [7, 11) is 2.54. The van der Waals surface area contributed by atoms with Crippen LogP contribution in [0.15, 0.2) is 22.8 Å². The highest BCUT2D eigenvalue weighted by atomic mass is 16.6. The number of rotatable bonds is 5. The predicted octanol–water partition coefficient (Wildman–Crippen LogP) is 4.31. The molecule has 1 saturated carbocycles. The van der Waals surface area contributed by atoms with Gasteiger partial charge in [0.2, 0.25) is 0 Å². The summed E-state index contributed by atoms with van der Waals surface area (Å²) < 4.78 is 21.8. The van der Waals surface area contributed by atoms with Crippen LogP contribution in [0.3, 0.4) is 0 Å². The molecule has 0 aromatic carbocycles. The Kier molecular flexibility index (Phi) is 7.99. The summed E-state index contributed by atoms with van der Waals surface area (Å²) in [4.78, 5) is 51.1. The lowest BCUT2D eigenvalue weighted by Gasteiger charge is -2.53. The van der Waals surface area contributed by atoms with Crippen molar-refractivity contribution in [2.24, 2.45) is 21.7 Å². The van der Waals surface area contributed by atoms with Gasteiger partial charge < -0.3 is 18.9 Å². The molecule has 1 fully saturated rings. The van der Waals surface area contributed by atoms with Crippen molar-refractivity contribution < 1.29 is 38.1 Å². The summed E-state index contributed by atoms with van der Waals surface area (Å²) in [6.07, 6.45) is 2.24. The molecule has 1 unspecified atom stereocenters. The molecule has 0 N–H and O–H groups in total. The Labute approximate surface area is 208 Å². The van der Waals surface area contributed by atoms with E-state index in [4.69, 9.17) is 18.9 Å². The van der Waals surface area contributed by atoms with Crippen molar-refractivity contribution >= 4 is 23.9 Å². The minimum atomic E-state index is -0.935. The van der Waals surface area contributed by atoms with E-state index in [1.54, 1.807) is 41.5 Å². The maximum Gasteiger partial charge on any atom is 0.335 e. The smallest absolute Gasteiger partial charge is 0.335 e. The first-order valence-electron chi connectivity index (χ1n) is 11.9. The molecule has 0 aromatic heterocycles. The molecule has 0 aliphatic heterocycles. The van der Waals surface area contributed by atoms with Crippen LogP contribution >= 0.6 is 0 Å². The number of esters is 4. The van der Waals surface area contributed by atoms with Gasteiger partial charge in [0.15, 0.2) is 0 Å². The van der Waals surface area contributed by atoms with Crippen molar-refractivity contribution in [1.82, 2.24) is 0 Å². The zero-order valence-corrected chi connectivity index (χ0v) is 22.7. The molecule has 8 nitrogen and oxygen atoms in total. The summed E-state index contributed by atoms with van der Waals surface area (Å²) >= 11 is 0. The van der Waals surface area contributed by atoms with Gasteiger partial charge in [0, 0.05) is 5.41 Å². The van der Waals surface area contributed by atoms with Crippen molar-refractivity contribution in [2.45, 2.75) is 80.8 Å². The lowest BCUT2D eigenvalue weighted by atomic mass is 9.53. The largest absolute Gasteiger partial charge is 0.466 e. The van der Waals surface area contributed by atoms with Gasteiger partial charge in [-0.3, -0.25) is 9.59 Å². The molecule has 196 valence electrons. The average Bonchev–Trinajstić information content (AvgIpc) is 2.76. The number of methoxy groups -OCH3 is 2. The van der Waals surface area contributed by atoms with E-state index < -0.39 is 39.7 Å². The molecule has 35 heavy (non-hydrogen) atoms. The van der Waals surface area contributed by atoms with Gasteiger partial charge in [-0.1, -0.05) is 18.6 Å². The highest BCUT2D eigenvalue weighted by Crippen LogP contribution is 2.58. The predicted molar refractivity (Wildman–Crippen MR) is 129 cm³/mol. The molecule has 8 heteroatoms. The molecular weight excluding hydrogens is 452 g/mol. The van der Waals surface area contributed by atoms with Gasteiger partial charge in [0.1, 0.15) is 12.7 Å². The monoisotopic (exact) mass is 492 g/mol. The Morgan fingerprint density at radius 3 is 1.94 bits per heavy atom. The van der Waals surface area contributed by atoms with E-state index in [1.807, 2.05) is 19.9 Å². The fraction of sp³-hybridized carbons (Fsp3) is 0.704. The van der Waals surface area contributed by atoms with Gasteiger partial charge in [0.05, 0.1) is 41.6 Å². The van der Waals surface area contributed by atoms with Crippen LogP contribution in [0.1, 0.15) is 74.7 Å². The topological polar surface area (TPSA) is 105 Å². The molecule has 2 aliphatic rings. The molecule has 0 amide bonds. The second-order valence-electron chi connectivity index (χ2n) is 11.9. The van der Waals surface area contributed by atoms with Crippen molar-refractivity contribution in [3.8, 4) is 0 Å². The third-order valence-corrected chi connectivity index (χ3v) is 6.99. The number of hydrogen-bond acceptors (Lipinski definition) is 8. The van der Waals surface area contributed by atoms with Gasteiger partial charge in [-0.2, -0.15) is 0 Å². The molecule has 2 rings (SSSR count). The highest BCUT2D eigenvalue weighted by Gasteiger charge is 2.57. The molecule has 0 aromatic rings. The molecule has 0 radical (unpaired) electrons. The van der Waals surface area contributed by atoms with Crippen molar-refractivity contribution in [1.29, 1.82) is 0 Å². The van der Waals surface area contributed by atoms with Gasteiger partial charge >= 0.3 is 23.9 Å². The van der Waals surface area contributed by atoms with Crippen LogP contribution in [-0.4, -0.2) is 50.8 Å². The van der Waals surface area contributed by atoms with Crippen molar-refractivity contribution in [2.75, 3.05) is 20.8 Å². The zero-order valence-electron chi connectivity index (χ0n) is 22.7. The van der Waals surface area contributed by atoms with Crippen LogP contribution in [0.5, 0.6) is 0 Å². The average molecular weight is 493 g/mol. The van der Waals surface area contributed by atoms with Crippen LogP contribution in [0.2, 0.25) is 0 Å². The van der Waals surface area contributed by atoms with Gasteiger partial charge in [-0.05, 0) is 67.7 Å². The SMILES string of the molecule is COC(=O)C1=C(C(=O)OC)[C@]2(C)CC[C@@H](OC(=O)C(C)(C)C)C(C)(COC(=O)C(C)(C)C)C2=CC1. The first-order valence-corrected chi connectivity index (χ1v) is 11.9. The van der Waals surface area contributed by atoms with Gasteiger partial charge in [-0.25, -0.2) is 9.59 Å².